The number of carbonyl (C=O) groups is 1. The van der Waals surface area contributed by atoms with E-state index >= 15 is 0 Å². The van der Waals surface area contributed by atoms with Crippen LogP contribution in [0.2, 0.25) is 0 Å². The van der Waals surface area contributed by atoms with E-state index in [1.54, 1.807) is 18.0 Å². The van der Waals surface area contributed by atoms with Crippen LogP contribution in [0.1, 0.15) is 32.9 Å². The van der Waals surface area contributed by atoms with E-state index in [1.165, 1.54) is 0 Å². The second kappa shape index (κ2) is 7.99. The van der Waals surface area contributed by atoms with Crippen LogP contribution in [0.5, 0.6) is 0 Å². The van der Waals surface area contributed by atoms with E-state index in [9.17, 15) is 4.79 Å². The first-order valence-electron chi connectivity index (χ1n) is 8.92. The molecule has 0 aliphatic heterocycles. The number of rotatable bonds is 5. The molecule has 0 atom stereocenters. The molecule has 1 N–H and O–H groups in total. The van der Waals surface area contributed by atoms with Gasteiger partial charge in [-0.25, -0.2) is 9.97 Å². The maximum Gasteiger partial charge on any atom is 0.272 e. The van der Waals surface area contributed by atoms with Crippen LogP contribution in [0.3, 0.4) is 0 Å². The van der Waals surface area contributed by atoms with Gasteiger partial charge in [0.1, 0.15) is 5.69 Å². The molecule has 0 saturated heterocycles. The highest BCUT2D eigenvalue weighted by Gasteiger charge is 2.16. The van der Waals surface area contributed by atoms with Gasteiger partial charge in [-0.05, 0) is 49.6 Å². The summed E-state index contributed by atoms with van der Waals surface area (Å²) in [7, 11) is 1.78. The van der Waals surface area contributed by atoms with Gasteiger partial charge in [0.2, 0.25) is 5.95 Å². The number of aromatic nitrogens is 2. The fourth-order valence-corrected chi connectivity index (χ4v) is 2.85. The van der Waals surface area contributed by atoms with E-state index in [-0.39, 0.29) is 5.91 Å². The van der Waals surface area contributed by atoms with Gasteiger partial charge in [0, 0.05) is 25.0 Å². The molecule has 1 amide bonds. The summed E-state index contributed by atoms with van der Waals surface area (Å²) in [5.41, 5.74) is 5.39. The van der Waals surface area contributed by atoms with Crippen molar-refractivity contribution in [3.63, 3.8) is 0 Å². The molecule has 0 radical (unpaired) electrons. The Balaban J connectivity index is 1.82. The van der Waals surface area contributed by atoms with Crippen molar-refractivity contribution in [3.8, 4) is 0 Å². The van der Waals surface area contributed by atoms with Gasteiger partial charge < -0.3 is 10.2 Å². The maximum absolute atomic E-state index is 12.8. The summed E-state index contributed by atoms with van der Waals surface area (Å²) in [5, 5.41) is 3.24. The number of nitrogens with one attached hydrogen (secondary N) is 1. The molecular weight excluding hydrogens is 336 g/mol. The van der Waals surface area contributed by atoms with E-state index in [0.717, 1.165) is 28.1 Å². The third-order valence-corrected chi connectivity index (χ3v) is 4.32. The van der Waals surface area contributed by atoms with Crippen LogP contribution in [0.4, 0.5) is 11.6 Å². The van der Waals surface area contributed by atoms with Crippen LogP contribution in [0.25, 0.3) is 0 Å². The summed E-state index contributed by atoms with van der Waals surface area (Å²) in [6, 6.07) is 17.8. The van der Waals surface area contributed by atoms with E-state index in [2.05, 4.69) is 21.4 Å². The summed E-state index contributed by atoms with van der Waals surface area (Å²) in [6.07, 6.45) is 0. The minimum absolute atomic E-state index is 0.131. The molecule has 1 heterocycles. The van der Waals surface area contributed by atoms with Crippen molar-refractivity contribution in [2.45, 2.75) is 27.3 Å². The molecule has 138 valence electrons. The smallest absolute Gasteiger partial charge is 0.272 e. The first kappa shape index (κ1) is 18.6. The topological polar surface area (TPSA) is 58.1 Å². The average molecular weight is 360 g/mol. The molecule has 3 rings (SSSR count). The Morgan fingerprint density at radius 2 is 1.74 bits per heavy atom. The van der Waals surface area contributed by atoms with Crippen molar-refractivity contribution in [2.24, 2.45) is 0 Å². The summed E-state index contributed by atoms with van der Waals surface area (Å²) in [5.74, 6) is 0.300. The maximum atomic E-state index is 12.8. The van der Waals surface area contributed by atoms with Gasteiger partial charge in [0.05, 0.1) is 0 Å². The molecule has 5 nitrogen and oxygen atoms in total. The van der Waals surface area contributed by atoms with Gasteiger partial charge in [-0.15, -0.1) is 0 Å². The summed E-state index contributed by atoms with van der Waals surface area (Å²) >= 11 is 0. The van der Waals surface area contributed by atoms with Crippen molar-refractivity contribution < 1.29 is 4.79 Å². The second-order valence-electron chi connectivity index (χ2n) is 6.81. The zero-order valence-corrected chi connectivity index (χ0v) is 16.2. The predicted molar refractivity (Wildman–Crippen MR) is 108 cm³/mol. The number of hydrogen-bond donors (Lipinski definition) is 1. The van der Waals surface area contributed by atoms with E-state index in [4.69, 9.17) is 0 Å². The molecule has 0 aliphatic carbocycles. The minimum Gasteiger partial charge on any atom is -0.336 e. The molecule has 0 bridgehead atoms. The molecule has 0 unspecified atom stereocenters. The molecule has 0 aliphatic rings. The predicted octanol–water partition coefficient (Wildman–Crippen LogP) is 4.42. The normalized spacial score (nSPS) is 10.5. The van der Waals surface area contributed by atoms with Crippen molar-refractivity contribution in [1.29, 1.82) is 0 Å². The third-order valence-electron chi connectivity index (χ3n) is 4.32. The molecule has 2 aromatic carbocycles. The zero-order chi connectivity index (χ0) is 19.4. The van der Waals surface area contributed by atoms with Crippen LogP contribution in [-0.2, 0) is 6.54 Å². The van der Waals surface area contributed by atoms with Crippen molar-refractivity contribution >= 4 is 17.5 Å². The molecule has 1 aromatic heterocycles. The van der Waals surface area contributed by atoms with E-state index in [1.807, 2.05) is 63.2 Å². The molecule has 5 heteroatoms. The lowest BCUT2D eigenvalue weighted by molar-refractivity contribution is 0.0779. The lowest BCUT2D eigenvalue weighted by Crippen LogP contribution is -2.27. The Bertz CT molecular complexity index is 954. The third kappa shape index (κ3) is 4.70. The Kier molecular flexibility index (Phi) is 5.50. The molecule has 3 aromatic rings. The van der Waals surface area contributed by atoms with Gasteiger partial charge >= 0.3 is 0 Å². The Morgan fingerprint density at radius 3 is 2.48 bits per heavy atom. The van der Waals surface area contributed by atoms with Crippen LogP contribution >= 0.6 is 0 Å². The zero-order valence-electron chi connectivity index (χ0n) is 16.2. The number of hydrogen-bond acceptors (Lipinski definition) is 4. The Hall–Kier alpha value is -3.21. The first-order valence-corrected chi connectivity index (χ1v) is 8.92. The fraction of sp³-hybridized carbons (Fsp3) is 0.227. The number of amides is 1. The molecule has 27 heavy (non-hydrogen) atoms. The van der Waals surface area contributed by atoms with Crippen LogP contribution in [0.15, 0.2) is 54.6 Å². The lowest BCUT2D eigenvalue weighted by Gasteiger charge is -2.17. The lowest BCUT2D eigenvalue weighted by atomic mass is 10.1. The number of anilines is 2. The average Bonchev–Trinajstić information content (AvgIpc) is 2.64. The first-order chi connectivity index (χ1) is 12.9. The van der Waals surface area contributed by atoms with E-state index in [0.29, 0.717) is 18.2 Å². The van der Waals surface area contributed by atoms with Crippen LogP contribution in [0, 0.1) is 20.8 Å². The second-order valence-corrected chi connectivity index (χ2v) is 6.81. The largest absolute Gasteiger partial charge is 0.336 e. The number of benzene rings is 2. The van der Waals surface area contributed by atoms with Gasteiger partial charge in [0.15, 0.2) is 0 Å². The quantitative estimate of drug-likeness (QED) is 0.732. The molecule has 0 saturated carbocycles. The Labute approximate surface area is 160 Å². The highest BCUT2D eigenvalue weighted by molar-refractivity contribution is 5.92. The van der Waals surface area contributed by atoms with Crippen molar-refractivity contribution in [3.05, 3.63) is 82.7 Å². The summed E-state index contributed by atoms with van der Waals surface area (Å²) < 4.78 is 0. The number of carbonyl (C=O) groups excluding carboxylic acids is 1. The van der Waals surface area contributed by atoms with Gasteiger partial charge in [-0.2, -0.15) is 0 Å². The molecule has 0 fully saturated rings. The van der Waals surface area contributed by atoms with Gasteiger partial charge in [-0.3, -0.25) is 4.79 Å². The standard InChI is InChI=1S/C22H24N4O/c1-15-10-11-16(2)19(12-15)24-22-23-17(3)13-20(25-22)21(27)26(4)14-18-8-6-5-7-9-18/h5-13H,14H2,1-4H3,(H,23,24,25). The Morgan fingerprint density at radius 1 is 1.00 bits per heavy atom. The highest BCUT2D eigenvalue weighted by atomic mass is 16.2. The van der Waals surface area contributed by atoms with Crippen molar-refractivity contribution in [1.82, 2.24) is 14.9 Å². The van der Waals surface area contributed by atoms with Gasteiger partial charge in [-0.1, -0.05) is 42.5 Å². The summed E-state index contributed by atoms with van der Waals surface area (Å²) in [6.45, 7) is 6.46. The minimum atomic E-state index is -0.131. The number of nitrogens with zero attached hydrogens (tertiary/aromatic N) is 3. The van der Waals surface area contributed by atoms with Crippen LogP contribution < -0.4 is 5.32 Å². The highest BCUT2D eigenvalue weighted by Crippen LogP contribution is 2.20. The van der Waals surface area contributed by atoms with E-state index < -0.39 is 0 Å². The number of aryl methyl sites for hydroxylation is 3. The SMILES string of the molecule is Cc1ccc(C)c(Nc2nc(C)cc(C(=O)N(C)Cc3ccccc3)n2)c1. The summed E-state index contributed by atoms with van der Waals surface area (Å²) in [4.78, 5) is 23.4. The fourth-order valence-electron chi connectivity index (χ4n) is 2.85. The van der Waals surface area contributed by atoms with Crippen molar-refractivity contribution in [2.75, 3.05) is 12.4 Å². The molecule has 0 spiro atoms. The molecular formula is C22H24N4O. The van der Waals surface area contributed by atoms with Crippen LogP contribution in [-0.4, -0.2) is 27.8 Å². The van der Waals surface area contributed by atoms with Gasteiger partial charge in [0.25, 0.3) is 5.91 Å². The monoisotopic (exact) mass is 360 g/mol.